The number of benzene rings is 2. The van der Waals surface area contributed by atoms with Crippen LogP contribution in [-0.2, 0) is 30.1 Å². The van der Waals surface area contributed by atoms with Crippen molar-refractivity contribution < 1.29 is 45.7 Å². The third kappa shape index (κ3) is 6.22. The van der Waals surface area contributed by atoms with Crippen LogP contribution in [0, 0.1) is 0 Å². The number of carbonyl (C=O) groups excluding carboxylic acids is 1. The van der Waals surface area contributed by atoms with Gasteiger partial charge in [-0.15, -0.1) is 0 Å². The third-order valence-corrected chi connectivity index (χ3v) is 7.74. The van der Waals surface area contributed by atoms with E-state index in [0.717, 1.165) is 25.1 Å². The van der Waals surface area contributed by atoms with Gasteiger partial charge in [-0.05, 0) is 73.4 Å². The van der Waals surface area contributed by atoms with Gasteiger partial charge >= 0.3 is 18.4 Å². The molecule has 1 amide bonds. The van der Waals surface area contributed by atoms with Crippen LogP contribution >= 0.6 is 0 Å². The van der Waals surface area contributed by atoms with E-state index >= 15 is 0 Å². The zero-order chi connectivity index (χ0) is 31.1. The lowest BCUT2D eigenvalue weighted by Crippen LogP contribution is -2.38. The second-order valence-electron chi connectivity index (χ2n) is 10.5. The maximum atomic E-state index is 13.5. The Morgan fingerprint density at radius 2 is 1.65 bits per heavy atom. The normalized spacial score (nSPS) is 19.0. The van der Waals surface area contributed by atoms with E-state index < -0.39 is 47.3 Å². The van der Waals surface area contributed by atoms with Crippen molar-refractivity contribution in [3.63, 3.8) is 0 Å². The molecule has 2 aliphatic rings. The van der Waals surface area contributed by atoms with Gasteiger partial charge in [0.25, 0.3) is 0 Å². The van der Waals surface area contributed by atoms with Crippen LogP contribution in [-0.4, -0.2) is 53.9 Å². The summed E-state index contributed by atoms with van der Waals surface area (Å²) in [6.07, 6.45) is -11.0. The van der Waals surface area contributed by atoms with Crippen LogP contribution in [0.5, 0.6) is 5.75 Å². The summed E-state index contributed by atoms with van der Waals surface area (Å²) in [5, 5.41) is 9.45. The molecule has 13 heteroatoms. The van der Waals surface area contributed by atoms with E-state index in [2.05, 4.69) is 0 Å². The van der Waals surface area contributed by atoms with Crippen molar-refractivity contribution in [1.29, 1.82) is 0 Å². The summed E-state index contributed by atoms with van der Waals surface area (Å²) in [6.45, 7) is 2.89. The Hall–Kier alpha value is -4.00. The minimum atomic E-state index is -5.04. The van der Waals surface area contributed by atoms with Gasteiger partial charge in [0, 0.05) is 30.8 Å². The Labute approximate surface area is 243 Å². The molecular formula is C30H29F6N3O4. The molecule has 0 saturated carbocycles. The molecule has 0 bridgehead atoms. The number of pyridine rings is 1. The number of methoxy groups -OCH3 is 1. The van der Waals surface area contributed by atoms with Gasteiger partial charge < -0.3 is 19.5 Å². The highest BCUT2D eigenvalue weighted by Gasteiger charge is 2.43. The Morgan fingerprint density at radius 3 is 2.21 bits per heavy atom. The van der Waals surface area contributed by atoms with Crippen molar-refractivity contribution >= 4 is 11.9 Å². The minimum Gasteiger partial charge on any atom is -0.496 e. The first-order chi connectivity index (χ1) is 20.3. The van der Waals surface area contributed by atoms with Crippen LogP contribution in [0.1, 0.15) is 47.4 Å². The predicted octanol–water partition coefficient (Wildman–Crippen LogP) is 6.62. The standard InChI is InChI=1S/C30H29F6N3O4/c1-17-27(19-13-20(29(31,32)33)15-21(14-19)30(34,35)36)43-28(41)39(17)16-24-22(5-7-26(37-24)38-9-3-10-38)23-12-18(8-11-40)4-6-25(23)42-2/h4-7,12-15,17,27,40H,3,8-11,16H2,1-2H3. The number of ether oxygens (including phenoxy) is 2. The second-order valence-corrected chi connectivity index (χ2v) is 10.5. The van der Waals surface area contributed by atoms with Crippen molar-refractivity contribution in [2.45, 2.75) is 50.8 Å². The van der Waals surface area contributed by atoms with E-state index in [4.69, 9.17) is 14.5 Å². The maximum Gasteiger partial charge on any atom is 0.416 e. The summed E-state index contributed by atoms with van der Waals surface area (Å²) in [7, 11) is 1.50. The zero-order valence-electron chi connectivity index (χ0n) is 23.3. The van der Waals surface area contributed by atoms with Crippen LogP contribution in [0.15, 0.2) is 48.5 Å². The van der Waals surface area contributed by atoms with Crippen molar-refractivity contribution in [1.82, 2.24) is 9.88 Å². The summed E-state index contributed by atoms with van der Waals surface area (Å²) >= 11 is 0. The fraction of sp³-hybridized carbons (Fsp3) is 0.400. The molecule has 7 nitrogen and oxygen atoms in total. The van der Waals surface area contributed by atoms with E-state index in [9.17, 15) is 36.2 Å². The third-order valence-electron chi connectivity index (χ3n) is 7.74. The number of alkyl halides is 6. The monoisotopic (exact) mass is 609 g/mol. The molecule has 5 rings (SSSR count). The smallest absolute Gasteiger partial charge is 0.416 e. The molecule has 1 N–H and O–H groups in total. The average Bonchev–Trinajstić information content (AvgIpc) is 3.20. The molecule has 2 atom stereocenters. The molecule has 230 valence electrons. The highest BCUT2D eigenvalue weighted by atomic mass is 19.4. The number of hydrogen-bond acceptors (Lipinski definition) is 6. The van der Waals surface area contributed by atoms with Crippen molar-refractivity contribution in [3.8, 4) is 16.9 Å². The number of cyclic esters (lactones) is 1. The number of aliphatic hydroxyl groups is 1. The van der Waals surface area contributed by atoms with E-state index in [0.29, 0.717) is 46.9 Å². The summed E-state index contributed by atoms with van der Waals surface area (Å²) in [6, 6.07) is 9.36. The van der Waals surface area contributed by atoms with Gasteiger partial charge in [-0.2, -0.15) is 26.3 Å². The van der Waals surface area contributed by atoms with Crippen LogP contribution in [0.2, 0.25) is 0 Å². The molecule has 3 aromatic rings. The Kier molecular flexibility index (Phi) is 8.21. The SMILES string of the molecule is COc1ccc(CCO)cc1-c1ccc(N2CCC2)nc1CN1C(=O)OC(c2cc(C(F)(F)F)cc(C(F)(F)F)c2)C1C. The fourth-order valence-electron chi connectivity index (χ4n) is 5.29. The number of hydrogen-bond donors (Lipinski definition) is 1. The van der Waals surface area contributed by atoms with Gasteiger partial charge in [0.1, 0.15) is 17.7 Å². The van der Waals surface area contributed by atoms with E-state index in [1.54, 1.807) is 6.07 Å². The van der Waals surface area contributed by atoms with E-state index in [1.807, 2.05) is 29.2 Å². The fourth-order valence-corrected chi connectivity index (χ4v) is 5.29. The lowest BCUT2D eigenvalue weighted by molar-refractivity contribution is -0.143. The molecule has 0 aliphatic carbocycles. The molecule has 2 saturated heterocycles. The quantitative estimate of drug-likeness (QED) is 0.290. The number of amides is 1. The van der Waals surface area contributed by atoms with Crippen molar-refractivity contribution in [3.05, 3.63) is 76.5 Å². The number of aliphatic hydroxyl groups excluding tert-OH is 1. The van der Waals surface area contributed by atoms with E-state index in [1.165, 1.54) is 18.9 Å². The number of aromatic nitrogens is 1. The molecular weight excluding hydrogens is 580 g/mol. The number of carbonyl (C=O) groups is 1. The first kappa shape index (κ1) is 30.5. The molecule has 1 aromatic heterocycles. The number of anilines is 1. The van der Waals surface area contributed by atoms with Crippen molar-refractivity contribution in [2.24, 2.45) is 0 Å². The summed E-state index contributed by atoms with van der Waals surface area (Å²) in [5.74, 6) is 1.18. The Bertz CT molecular complexity index is 1470. The van der Waals surface area contributed by atoms with E-state index in [-0.39, 0.29) is 19.2 Å². The Morgan fingerprint density at radius 1 is 0.977 bits per heavy atom. The predicted molar refractivity (Wildman–Crippen MR) is 145 cm³/mol. The zero-order valence-corrected chi connectivity index (χ0v) is 23.3. The summed E-state index contributed by atoms with van der Waals surface area (Å²) < 4.78 is 92.1. The highest BCUT2D eigenvalue weighted by Crippen LogP contribution is 2.42. The molecule has 2 aliphatic heterocycles. The minimum absolute atomic E-state index is 0.0402. The summed E-state index contributed by atoms with van der Waals surface area (Å²) in [5.41, 5.74) is -0.853. The molecule has 0 spiro atoms. The average molecular weight is 610 g/mol. The van der Waals surface area contributed by atoms with Gasteiger partial charge in [0.05, 0.1) is 36.5 Å². The van der Waals surface area contributed by atoms with Gasteiger partial charge in [0.15, 0.2) is 0 Å². The lowest BCUT2D eigenvalue weighted by atomic mass is 9.96. The first-order valence-electron chi connectivity index (χ1n) is 13.6. The topological polar surface area (TPSA) is 75.1 Å². The summed E-state index contributed by atoms with van der Waals surface area (Å²) in [4.78, 5) is 21.2. The maximum absolute atomic E-state index is 13.5. The number of halogens is 6. The second kappa shape index (κ2) is 11.6. The van der Waals surface area contributed by atoms with Crippen molar-refractivity contribution in [2.75, 3.05) is 31.7 Å². The van der Waals surface area contributed by atoms with Gasteiger partial charge in [-0.3, -0.25) is 4.90 Å². The number of rotatable bonds is 8. The molecule has 2 aromatic carbocycles. The molecule has 0 radical (unpaired) electrons. The number of nitrogens with zero attached hydrogens (tertiary/aromatic N) is 3. The molecule has 2 fully saturated rings. The van der Waals surface area contributed by atoms with Gasteiger partial charge in [0.2, 0.25) is 0 Å². The van der Waals surface area contributed by atoms with Crippen LogP contribution in [0.4, 0.5) is 37.0 Å². The van der Waals surface area contributed by atoms with Crippen LogP contribution < -0.4 is 9.64 Å². The van der Waals surface area contributed by atoms with Crippen LogP contribution in [0.25, 0.3) is 11.1 Å². The van der Waals surface area contributed by atoms with Gasteiger partial charge in [-0.25, -0.2) is 9.78 Å². The molecule has 2 unspecified atom stereocenters. The molecule has 3 heterocycles. The van der Waals surface area contributed by atoms with Crippen LogP contribution in [0.3, 0.4) is 0 Å². The largest absolute Gasteiger partial charge is 0.496 e. The lowest BCUT2D eigenvalue weighted by Gasteiger charge is -2.33. The first-order valence-corrected chi connectivity index (χ1v) is 13.6. The molecule has 43 heavy (non-hydrogen) atoms. The van der Waals surface area contributed by atoms with Gasteiger partial charge in [-0.1, -0.05) is 6.07 Å². The Balaban J connectivity index is 1.54. The highest BCUT2D eigenvalue weighted by molar-refractivity contribution is 5.76.